The van der Waals surface area contributed by atoms with Crippen molar-refractivity contribution in [3.63, 3.8) is 0 Å². The highest BCUT2D eigenvalue weighted by Gasteiger charge is 1.93. The molecule has 0 bridgehead atoms. The second kappa shape index (κ2) is 6.37. The van der Waals surface area contributed by atoms with Gasteiger partial charge in [-0.15, -0.1) is 0 Å². The molecule has 0 aliphatic carbocycles. The topological polar surface area (TPSA) is 63.3 Å². The molecule has 3 nitrogen and oxygen atoms in total. The Morgan fingerprint density at radius 1 is 1.42 bits per heavy atom. The molecule has 0 aliphatic rings. The van der Waals surface area contributed by atoms with Crippen LogP contribution in [0, 0.1) is 0 Å². The van der Waals surface area contributed by atoms with Crippen LogP contribution in [0.1, 0.15) is 18.5 Å². The Kier molecular flexibility index (Phi) is 5.65. The van der Waals surface area contributed by atoms with E-state index in [0.29, 0.717) is 0 Å². The van der Waals surface area contributed by atoms with Crippen LogP contribution >= 0.6 is 0 Å². The van der Waals surface area contributed by atoms with Crippen LogP contribution in [-0.2, 0) is 4.79 Å². The average molecular weight is 167 g/mol. The first-order valence-corrected chi connectivity index (χ1v) is 3.60. The highest BCUT2D eigenvalue weighted by Crippen LogP contribution is 2.06. The lowest BCUT2D eigenvalue weighted by Crippen LogP contribution is -2.03. The highest BCUT2D eigenvalue weighted by atomic mass is 16.3. The number of hydrogen-bond acceptors (Lipinski definition) is 2. The molecule has 0 amide bonds. The van der Waals surface area contributed by atoms with Gasteiger partial charge in [-0.3, -0.25) is 4.79 Å². The minimum atomic E-state index is -0.250. The summed E-state index contributed by atoms with van der Waals surface area (Å²) in [6, 6.07) is 10.2. The van der Waals surface area contributed by atoms with Gasteiger partial charge in [0.15, 0.2) is 0 Å². The molecule has 12 heavy (non-hydrogen) atoms. The van der Waals surface area contributed by atoms with E-state index in [2.05, 4.69) is 0 Å². The number of hydrogen-bond donors (Lipinski definition) is 2. The van der Waals surface area contributed by atoms with Gasteiger partial charge in [0, 0.05) is 6.04 Å². The minimum Gasteiger partial charge on any atom is -0.483 e. The predicted octanol–water partition coefficient (Wildman–Crippen LogP) is 1.41. The molecule has 0 heterocycles. The van der Waals surface area contributed by atoms with Crippen LogP contribution in [0.25, 0.3) is 0 Å². The average Bonchev–Trinajstić information content (AvgIpc) is 2.07. The zero-order chi connectivity index (χ0) is 9.40. The summed E-state index contributed by atoms with van der Waals surface area (Å²) >= 11 is 0. The molecule has 0 saturated carbocycles. The predicted molar refractivity (Wildman–Crippen MR) is 47.7 cm³/mol. The zero-order valence-electron chi connectivity index (χ0n) is 6.97. The Morgan fingerprint density at radius 3 is 2.08 bits per heavy atom. The van der Waals surface area contributed by atoms with E-state index in [0.717, 1.165) is 0 Å². The molecule has 1 rings (SSSR count). The van der Waals surface area contributed by atoms with E-state index in [1.807, 2.05) is 37.3 Å². The Balaban J connectivity index is 0.000000354. The standard InChI is InChI=1S/C8H11N.CH2O2/c1-7(9)8-5-3-2-4-6-8;2-1-3/h2-7H,9H2,1H3;1H,(H,2,3). The van der Waals surface area contributed by atoms with Crippen molar-refractivity contribution in [2.45, 2.75) is 13.0 Å². The Bertz CT molecular complexity index is 209. The van der Waals surface area contributed by atoms with Crippen molar-refractivity contribution in [1.82, 2.24) is 0 Å². The summed E-state index contributed by atoms with van der Waals surface area (Å²) in [6.07, 6.45) is 0. The highest BCUT2D eigenvalue weighted by molar-refractivity contribution is 5.32. The van der Waals surface area contributed by atoms with Gasteiger partial charge in [-0.1, -0.05) is 30.3 Å². The first kappa shape index (κ1) is 10.7. The maximum atomic E-state index is 8.36. The molecule has 1 unspecified atom stereocenters. The third kappa shape index (κ3) is 4.46. The second-order valence-corrected chi connectivity index (χ2v) is 2.30. The van der Waals surface area contributed by atoms with Crippen LogP contribution in [0.5, 0.6) is 0 Å². The monoisotopic (exact) mass is 167 g/mol. The fourth-order valence-electron chi connectivity index (χ4n) is 0.757. The van der Waals surface area contributed by atoms with Gasteiger partial charge < -0.3 is 10.8 Å². The van der Waals surface area contributed by atoms with Gasteiger partial charge in [0.05, 0.1) is 0 Å². The normalized spacial score (nSPS) is 10.8. The molecule has 3 heteroatoms. The zero-order valence-corrected chi connectivity index (χ0v) is 6.97. The van der Waals surface area contributed by atoms with E-state index in [1.54, 1.807) is 0 Å². The lowest BCUT2D eigenvalue weighted by atomic mass is 10.1. The first-order chi connectivity index (χ1) is 5.72. The fourth-order valence-corrected chi connectivity index (χ4v) is 0.757. The van der Waals surface area contributed by atoms with E-state index in [9.17, 15) is 0 Å². The van der Waals surface area contributed by atoms with Crippen LogP contribution in [0.4, 0.5) is 0 Å². The maximum Gasteiger partial charge on any atom is 0.290 e. The number of carboxylic acid groups (broad SMARTS) is 1. The van der Waals surface area contributed by atoms with E-state index >= 15 is 0 Å². The van der Waals surface area contributed by atoms with Crippen LogP contribution in [-0.4, -0.2) is 11.6 Å². The Labute approximate surface area is 71.8 Å². The van der Waals surface area contributed by atoms with Gasteiger partial charge in [0.25, 0.3) is 6.47 Å². The van der Waals surface area contributed by atoms with Gasteiger partial charge in [0.1, 0.15) is 0 Å². The fraction of sp³-hybridized carbons (Fsp3) is 0.222. The molecule has 0 saturated heterocycles. The lowest BCUT2D eigenvalue weighted by molar-refractivity contribution is -0.122. The van der Waals surface area contributed by atoms with Gasteiger partial charge in [-0.25, -0.2) is 0 Å². The molecular formula is C9H13NO2. The van der Waals surface area contributed by atoms with E-state index in [-0.39, 0.29) is 12.5 Å². The number of rotatable bonds is 1. The molecular weight excluding hydrogens is 154 g/mol. The molecule has 0 aliphatic heterocycles. The van der Waals surface area contributed by atoms with Gasteiger partial charge in [-0.2, -0.15) is 0 Å². The molecule has 1 aromatic carbocycles. The second-order valence-electron chi connectivity index (χ2n) is 2.30. The van der Waals surface area contributed by atoms with Crippen molar-refractivity contribution in [2.24, 2.45) is 5.73 Å². The lowest BCUT2D eigenvalue weighted by Gasteiger charge is -2.02. The number of nitrogens with two attached hydrogens (primary N) is 1. The Morgan fingerprint density at radius 2 is 1.83 bits per heavy atom. The third-order valence-corrected chi connectivity index (χ3v) is 1.33. The summed E-state index contributed by atoms with van der Waals surface area (Å²) in [5.74, 6) is 0. The van der Waals surface area contributed by atoms with Crippen molar-refractivity contribution in [3.05, 3.63) is 35.9 Å². The molecule has 1 aromatic rings. The van der Waals surface area contributed by atoms with Crippen molar-refractivity contribution in [2.75, 3.05) is 0 Å². The van der Waals surface area contributed by atoms with Crippen molar-refractivity contribution >= 4 is 6.47 Å². The van der Waals surface area contributed by atoms with Crippen molar-refractivity contribution in [1.29, 1.82) is 0 Å². The molecule has 0 fully saturated rings. The van der Waals surface area contributed by atoms with Crippen molar-refractivity contribution < 1.29 is 9.90 Å². The molecule has 0 radical (unpaired) electrons. The van der Waals surface area contributed by atoms with E-state index in [4.69, 9.17) is 15.6 Å². The van der Waals surface area contributed by atoms with Crippen LogP contribution < -0.4 is 5.73 Å². The van der Waals surface area contributed by atoms with Gasteiger partial charge >= 0.3 is 0 Å². The van der Waals surface area contributed by atoms with Gasteiger partial charge in [0.2, 0.25) is 0 Å². The molecule has 0 spiro atoms. The van der Waals surface area contributed by atoms with E-state index in [1.165, 1.54) is 5.56 Å². The summed E-state index contributed by atoms with van der Waals surface area (Å²) in [6.45, 7) is 1.73. The summed E-state index contributed by atoms with van der Waals surface area (Å²) in [7, 11) is 0. The number of carbonyl (C=O) groups is 1. The maximum absolute atomic E-state index is 8.36. The van der Waals surface area contributed by atoms with Gasteiger partial charge in [-0.05, 0) is 12.5 Å². The summed E-state index contributed by atoms with van der Waals surface area (Å²) in [5.41, 5.74) is 6.81. The van der Waals surface area contributed by atoms with Crippen LogP contribution in [0.2, 0.25) is 0 Å². The SMILES string of the molecule is CC(N)c1ccccc1.O=CO. The summed E-state index contributed by atoms with van der Waals surface area (Å²) in [4.78, 5) is 8.36. The van der Waals surface area contributed by atoms with Crippen LogP contribution in [0.3, 0.4) is 0 Å². The third-order valence-electron chi connectivity index (χ3n) is 1.33. The summed E-state index contributed by atoms with van der Waals surface area (Å²) < 4.78 is 0. The molecule has 1 atom stereocenters. The molecule has 3 N–H and O–H groups in total. The smallest absolute Gasteiger partial charge is 0.290 e. The largest absolute Gasteiger partial charge is 0.483 e. The quantitative estimate of drug-likeness (QED) is 0.621. The van der Waals surface area contributed by atoms with E-state index < -0.39 is 0 Å². The minimum absolute atomic E-state index is 0.159. The molecule has 66 valence electrons. The van der Waals surface area contributed by atoms with Crippen LogP contribution in [0.15, 0.2) is 30.3 Å². The Hall–Kier alpha value is -1.35. The van der Waals surface area contributed by atoms with Crippen molar-refractivity contribution in [3.8, 4) is 0 Å². The summed E-state index contributed by atoms with van der Waals surface area (Å²) in [5, 5.41) is 6.89. The molecule has 0 aromatic heterocycles. The first-order valence-electron chi connectivity index (χ1n) is 3.60. The number of benzene rings is 1.